The first-order valence-corrected chi connectivity index (χ1v) is 21.6. The van der Waals surface area contributed by atoms with Crippen LogP contribution < -0.4 is 0 Å². The summed E-state index contributed by atoms with van der Waals surface area (Å²) in [5, 5.41) is 28.7. The van der Waals surface area contributed by atoms with E-state index in [2.05, 4.69) is 20.8 Å². The predicted octanol–water partition coefficient (Wildman–Crippen LogP) is 13.2. The normalized spacial score (nSPS) is 10.4. The third kappa shape index (κ3) is 30.9. The van der Waals surface area contributed by atoms with Crippen LogP contribution in [0.1, 0.15) is 172 Å². The van der Waals surface area contributed by atoms with Crippen molar-refractivity contribution in [3.05, 3.63) is 89.5 Å². The average Bonchev–Trinajstić information content (AvgIpc) is 3.13. The maximum Gasteiger partial charge on any atom is 0.324 e. The number of phenols is 3. The number of hydrogen-bond acceptors (Lipinski definition) is 6. The van der Waals surface area contributed by atoms with Crippen LogP contribution in [0.3, 0.4) is 0 Å². The molecule has 0 saturated heterocycles. The topological polar surface area (TPSA) is 121 Å². The summed E-state index contributed by atoms with van der Waals surface area (Å²) in [4.78, 5) is 21.7. The van der Waals surface area contributed by atoms with Gasteiger partial charge in [0.05, 0.1) is 0 Å². The number of aryl methyl sites for hydroxylation is 3. The monoisotopic (exact) mass is 743 g/mol. The minimum atomic E-state index is -2.62. The molecule has 3 aromatic carbocycles. The summed E-state index contributed by atoms with van der Waals surface area (Å²) in [6.07, 6.45) is 30.9. The standard InChI is InChI=1S/3C15H24O.H3O3P/c3*1-2-3-4-5-6-7-8-11-14-12-9-10-13-15(14)16;1-4(2)3/h3*9-10,12-13,16H,2-8,11H2,1H3;1-3H. The van der Waals surface area contributed by atoms with Crippen molar-refractivity contribution in [3.63, 3.8) is 0 Å². The van der Waals surface area contributed by atoms with Gasteiger partial charge in [0.2, 0.25) is 0 Å². The number of para-hydroxylation sites is 3. The van der Waals surface area contributed by atoms with Gasteiger partial charge in [-0.25, -0.2) is 0 Å². The highest BCUT2D eigenvalue weighted by molar-refractivity contribution is 7.38. The van der Waals surface area contributed by atoms with Crippen LogP contribution in [-0.4, -0.2) is 30.0 Å². The van der Waals surface area contributed by atoms with Crippen LogP contribution >= 0.6 is 8.60 Å². The van der Waals surface area contributed by atoms with Crippen molar-refractivity contribution in [1.29, 1.82) is 0 Å². The van der Waals surface area contributed by atoms with E-state index in [1.165, 1.54) is 135 Å². The summed E-state index contributed by atoms with van der Waals surface area (Å²) < 4.78 is 0. The number of benzene rings is 3. The Morgan fingerprint density at radius 1 is 0.327 bits per heavy atom. The lowest BCUT2D eigenvalue weighted by Crippen LogP contribution is -1.87. The summed E-state index contributed by atoms with van der Waals surface area (Å²) in [5.74, 6) is 1.36. The summed E-state index contributed by atoms with van der Waals surface area (Å²) in [6, 6.07) is 23.0. The van der Waals surface area contributed by atoms with Crippen molar-refractivity contribution in [2.45, 2.75) is 175 Å². The molecule has 296 valence electrons. The Morgan fingerprint density at radius 3 is 0.731 bits per heavy atom. The first kappa shape index (κ1) is 49.4. The molecule has 6 nitrogen and oxygen atoms in total. The number of rotatable bonds is 24. The molecule has 3 aromatic rings. The van der Waals surface area contributed by atoms with Crippen LogP contribution in [0.4, 0.5) is 0 Å². The Balaban J connectivity index is 0.000000712. The lowest BCUT2D eigenvalue weighted by atomic mass is 10.0. The largest absolute Gasteiger partial charge is 0.508 e. The lowest BCUT2D eigenvalue weighted by molar-refractivity contribution is 0.368. The van der Waals surface area contributed by atoms with E-state index < -0.39 is 8.60 Å². The van der Waals surface area contributed by atoms with Gasteiger partial charge in [-0.1, -0.05) is 191 Å². The van der Waals surface area contributed by atoms with Gasteiger partial charge in [0.15, 0.2) is 0 Å². The van der Waals surface area contributed by atoms with Crippen molar-refractivity contribution in [1.82, 2.24) is 0 Å². The van der Waals surface area contributed by atoms with Gasteiger partial charge in [0, 0.05) is 0 Å². The van der Waals surface area contributed by atoms with Crippen LogP contribution in [-0.2, 0) is 19.3 Å². The van der Waals surface area contributed by atoms with Crippen molar-refractivity contribution in [2.24, 2.45) is 0 Å². The molecule has 0 bridgehead atoms. The van der Waals surface area contributed by atoms with Gasteiger partial charge in [-0.3, -0.25) is 0 Å². The van der Waals surface area contributed by atoms with Crippen LogP contribution in [0.2, 0.25) is 0 Å². The van der Waals surface area contributed by atoms with Gasteiger partial charge < -0.3 is 30.0 Å². The van der Waals surface area contributed by atoms with Gasteiger partial charge in [0.1, 0.15) is 17.2 Å². The van der Waals surface area contributed by atoms with Crippen molar-refractivity contribution >= 4 is 8.60 Å². The summed E-state index contributed by atoms with van der Waals surface area (Å²) in [6.45, 7) is 6.74. The van der Waals surface area contributed by atoms with Crippen molar-refractivity contribution < 1.29 is 30.0 Å². The Labute approximate surface area is 319 Å². The van der Waals surface area contributed by atoms with Crippen LogP contribution in [0.5, 0.6) is 17.2 Å². The van der Waals surface area contributed by atoms with E-state index in [4.69, 9.17) is 14.7 Å². The fraction of sp³-hybridized carbons (Fsp3) is 0.600. The zero-order valence-electron chi connectivity index (χ0n) is 33.0. The Kier molecular flexibility index (Phi) is 34.9. The fourth-order valence-electron chi connectivity index (χ4n) is 5.98. The number of aromatic hydroxyl groups is 3. The first-order valence-electron chi connectivity index (χ1n) is 20.4. The second-order valence-corrected chi connectivity index (χ2v) is 14.3. The van der Waals surface area contributed by atoms with Gasteiger partial charge in [-0.2, -0.15) is 0 Å². The third-order valence-electron chi connectivity index (χ3n) is 9.12. The second-order valence-electron chi connectivity index (χ2n) is 13.8. The summed E-state index contributed by atoms with van der Waals surface area (Å²) in [5.41, 5.74) is 3.28. The van der Waals surface area contributed by atoms with Crippen LogP contribution in [0, 0.1) is 0 Å². The molecular weight excluding hydrogens is 667 g/mol. The van der Waals surface area contributed by atoms with E-state index in [0.717, 1.165) is 36.0 Å². The highest BCUT2D eigenvalue weighted by Crippen LogP contribution is 2.21. The molecule has 0 heterocycles. The van der Waals surface area contributed by atoms with E-state index in [-0.39, 0.29) is 0 Å². The van der Waals surface area contributed by atoms with Crippen LogP contribution in [0.25, 0.3) is 0 Å². The maximum atomic E-state index is 9.58. The van der Waals surface area contributed by atoms with Crippen molar-refractivity contribution in [2.75, 3.05) is 0 Å². The molecule has 0 saturated carbocycles. The predicted molar refractivity (Wildman–Crippen MR) is 223 cm³/mol. The molecule has 52 heavy (non-hydrogen) atoms. The molecule has 3 rings (SSSR count). The van der Waals surface area contributed by atoms with E-state index in [1.54, 1.807) is 18.2 Å². The molecule has 7 heteroatoms. The molecule has 0 aromatic heterocycles. The average molecular weight is 743 g/mol. The summed E-state index contributed by atoms with van der Waals surface area (Å²) >= 11 is 0. The van der Waals surface area contributed by atoms with E-state index in [1.807, 2.05) is 54.6 Å². The second kappa shape index (κ2) is 36.7. The highest BCUT2D eigenvalue weighted by atomic mass is 31.2. The number of unbranched alkanes of at least 4 members (excludes halogenated alkanes) is 18. The molecule has 0 spiro atoms. The lowest BCUT2D eigenvalue weighted by Gasteiger charge is -2.04. The smallest absolute Gasteiger partial charge is 0.324 e. The van der Waals surface area contributed by atoms with Crippen LogP contribution in [0.15, 0.2) is 72.8 Å². The molecule has 0 amide bonds. The number of hydrogen-bond donors (Lipinski definition) is 6. The SMILES string of the molecule is CCCCCCCCCc1ccccc1O.CCCCCCCCCc1ccccc1O.CCCCCCCCCc1ccccc1O.OP(O)O. The minimum absolute atomic E-state index is 0.452. The van der Waals surface area contributed by atoms with Crippen molar-refractivity contribution in [3.8, 4) is 17.2 Å². The zero-order valence-corrected chi connectivity index (χ0v) is 33.9. The zero-order chi connectivity index (χ0) is 38.5. The first-order chi connectivity index (χ1) is 25.3. The molecule has 0 radical (unpaired) electrons. The molecular formula is C45H75O6P. The Morgan fingerprint density at radius 2 is 0.519 bits per heavy atom. The molecule has 0 unspecified atom stereocenters. The minimum Gasteiger partial charge on any atom is -0.508 e. The Bertz CT molecular complexity index is 1040. The Hall–Kier alpha value is -2.63. The van der Waals surface area contributed by atoms with E-state index in [9.17, 15) is 15.3 Å². The van der Waals surface area contributed by atoms with Gasteiger partial charge in [-0.05, 0) is 73.4 Å². The highest BCUT2D eigenvalue weighted by Gasteiger charge is 2.01. The molecule has 0 atom stereocenters. The number of phenolic OH excluding ortho intramolecular Hbond substituents is 3. The third-order valence-corrected chi connectivity index (χ3v) is 9.12. The molecule has 0 aliphatic rings. The van der Waals surface area contributed by atoms with Gasteiger partial charge >= 0.3 is 8.60 Å². The molecule has 0 aliphatic carbocycles. The quantitative estimate of drug-likeness (QED) is 0.0401. The molecule has 6 N–H and O–H groups in total. The van der Waals surface area contributed by atoms with E-state index >= 15 is 0 Å². The molecule has 0 fully saturated rings. The molecule has 0 aliphatic heterocycles. The summed E-state index contributed by atoms with van der Waals surface area (Å²) in [7, 11) is -2.62. The van der Waals surface area contributed by atoms with E-state index in [0.29, 0.717) is 17.2 Å². The maximum absolute atomic E-state index is 9.58. The fourth-order valence-corrected chi connectivity index (χ4v) is 5.98. The van der Waals surface area contributed by atoms with Gasteiger partial charge in [0.25, 0.3) is 0 Å². The van der Waals surface area contributed by atoms with Gasteiger partial charge in [-0.15, -0.1) is 0 Å².